The van der Waals surface area contributed by atoms with Crippen LogP contribution in [0.4, 0.5) is 0 Å². The van der Waals surface area contributed by atoms with Gasteiger partial charge in [-0.15, -0.1) is 0 Å². The van der Waals surface area contributed by atoms with Crippen molar-refractivity contribution in [3.63, 3.8) is 0 Å². The molecule has 2 heterocycles. The molecule has 0 radical (unpaired) electrons. The Bertz CT molecular complexity index is 763. The van der Waals surface area contributed by atoms with Crippen LogP contribution in [0.5, 0.6) is 0 Å². The van der Waals surface area contributed by atoms with Gasteiger partial charge in [0.25, 0.3) is 11.8 Å². The van der Waals surface area contributed by atoms with Gasteiger partial charge in [-0.25, -0.2) is 0 Å². The highest BCUT2D eigenvalue weighted by molar-refractivity contribution is 5.92. The Kier molecular flexibility index (Phi) is 3.95. The Hall–Kier alpha value is -2.96. The van der Waals surface area contributed by atoms with Gasteiger partial charge in [0.2, 0.25) is 0 Å². The minimum Gasteiger partial charge on any atom is -0.350 e. The fourth-order valence-corrected chi connectivity index (χ4v) is 1.97. The highest BCUT2D eigenvalue weighted by Gasteiger charge is 2.11. The van der Waals surface area contributed by atoms with E-state index in [0.29, 0.717) is 30.4 Å². The lowest BCUT2D eigenvalue weighted by atomic mass is 10.2. The second kappa shape index (κ2) is 6.21. The van der Waals surface area contributed by atoms with E-state index < -0.39 is 0 Å². The fraction of sp³-hybridized carbons (Fsp3) is 0.200. The van der Waals surface area contributed by atoms with Crippen LogP contribution in [0, 0.1) is 6.92 Å². The van der Waals surface area contributed by atoms with Crippen molar-refractivity contribution in [2.45, 2.75) is 13.3 Å². The molecule has 0 aliphatic carbocycles. The molecule has 2 aromatic heterocycles. The zero-order valence-corrected chi connectivity index (χ0v) is 12.0. The van der Waals surface area contributed by atoms with Crippen LogP contribution in [0.2, 0.25) is 0 Å². The van der Waals surface area contributed by atoms with Gasteiger partial charge in [0.1, 0.15) is 5.69 Å². The third-order valence-corrected chi connectivity index (χ3v) is 3.06. The first-order valence-electron chi connectivity index (χ1n) is 6.90. The number of aromatic nitrogens is 4. The molecule has 0 aliphatic rings. The molecule has 0 bridgehead atoms. The van der Waals surface area contributed by atoms with Gasteiger partial charge in [-0.1, -0.05) is 23.4 Å². The van der Waals surface area contributed by atoms with Crippen molar-refractivity contribution in [2.75, 3.05) is 6.54 Å². The summed E-state index contributed by atoms with van der Waals surface area (Å²) < 4.78 is 5.21. The highest BCUT2D eigenvalue weighted by Crippen LogP contribution is 2.15. The van der Waals surface area contributed by atoms with E-state index >= 15 is 0 Å². The van der Waals surface area contributed by atoms with Crippen molar-refractivity contribution >= 4 is 5.91 Å². The van der Waals surface area contributed by atoms with Gasteiger partial charge in [0, 0.05) is 24.2 Å². The third-order valence-electron chi connectivity index (χ3n) is 3.06. The van der Waals surface area contributed by atoms with Crippen LogP contribution in [0.3, 0.4) is 0 Å². The number of H-pyrrole nitrogens is 1. The minimum atomic E-state index is -0.226. The molecule has 112 valence electrons. The zero-order chi connectivity index (χ0) is 15.4. The number of hydrogen-bond donors (Lipinski definition) is 2. The Morgan fingerprint density at radius 1 is 1.32 bits per heavy atom. The lowest BCUT2D eigenvalue weighted by molar-refractivity contribution is 0.0949. The quantitative estimate of drug-likeness (QED) is 0.747. The van der Waals surface area contributed by atoms with E-state index in [0.717, 1.165) is 11.3 Å². The van der Waals surface area contributed by atoms with E-state index in [1.54, 1.807) is 6.07 Å². The summed E-state index contributed by atoms with van der Waals surface area (Å²) in [6, 6.07) is 11.2. The van der Waals surface area contributed by atoms with Crippen LogP contribution in [-0.4, -0.2) is 32.8 Å². The number of nitrogens with zero attached hydrogens (tertiary/aromatic N) is 3. The van der Waals surface area contributed by atoms with E-state index in [-0.39, 0.29) is 5.91 Å². The number of carbonyl (C=O) groups is 1. The topological polar surface area (TPSA) is 96.7 Å². The molecule has 2 N–H and O–H groups in total. The van der Waals surface area contributed by atoms with E-state index in [1.165, 1.54) is 0 Å². The first-order chi connectivity index (χ1) is 10.7. The minimum absolute atomic E-state index is 0.226. The van der Waals surface area contributed by atoms with Crippen molar-refractivity contribution < 1.29 is 9.32 Å². The number of nitrogens with one attached hydrogen (secondary N) is 2. The lowest BCUT2D eigenvalue weighted by Crippen LogP contribution is -2.26. The van der Waals surface area contributed by atoms with Crippen molar-refractivity contribution in [1.29, 1.82) is 0 Å². The van der Waals surface area contributed by atoms with Crippen molar-refractivity contribution in [1.82, 2.24) is 25.7 Å². The van der Waals surface area contributed by atoms with Gasteiger partial charge in [-0.3, -0.25) is 9.89 Å². The van der Waals surface area contributed by atoms with Gasteiger partial charge in [0.15, 0.2) is 5.82 Å². The molecule has 7 heteroatoms. The largest absolute Gasteiger partial charge is 0.350 e. The Labute approximate surface area is 126 Å². The summed E-state index contributed by atoms with van der Waals surface area (Å²) in [6.07, 6.45) is 0.492. The molecule has 0 aliphatic heterocycles. The molecular formula is C15H15N5O2. The van der Waals surface area contributed by atoms with Crippen LogP contribution in [0.25, 0.3) is 11.5 Å². The maximum absolute atomic E-state index is 11.8. The Balaban J connectivity index is 1.54. The summed E-state index contributed by atoms with van der Waals surface area (Å²) in [5, 5.41) is 13.3. The third kappa shape index (κ3) is 3.20. The van der Waals surface area contributed by atoms with E-state index in [4.69, 9.17) is 4.52 Å². The molecule has 0 unspecified atom stereocenters. The standard InChI is InChI=1S/C15H15N5O2/c1-10-9-12(19-18-10)14(21)16-8-7-13-17-15(22-20-13)11-5-3-2-4-6-11/h2-6,9H,7-8H2,1H3,(H,16,21)(H,18,19). The van der Waals surface area contributed by atoms with Gasteiger partial charge in [-0.05, 0) is 25.1 Å². The van der Waals surface area contributed by atoms with Gasteiger partial charge < -0.3 is 9.84 Å². The van der Waals surface area contributed by atoms with Gasteiger partial charge in [0.05, 0.1) is 0 Å². The average Bonchev–Trinajstić information content (AvgIpc) is 3.17. The van der Waals surface area contributed by atoms with Crippen LogP contribution in [0.1, 0.15) is 22.0 Å². The molecule has 7 nitrogen and oxygen atoms in total. The van der Waals surface area contributed by atoms with E-state index in [2.05, 4.69) is 25.7 Å². The molecular weight excluding hydrogens is 282 g/mol. The molecule has 3 rings (SSSR count). The summed E-state index contributed by atoms with van der Waals surface area (Å²) in [4.78, 5) is 16.1. The second-order valence-electron chi connectivity index (χ2n) is 4.82. The van der Waals surface area contributed by atoms with Crippen LogP contribution >= 0.6 is 0 Å². The molecule has 0 saturated carbocycles. The fourth-order valence-electron chi connectivity index (χ4n) is 1.97. The number of aryl methyl sites for hydroxylation is 1. The first kappa shape index (κ1) is 14.0. The van der Waals surface area contributed by atoms with Crippen LogP contribution in [-0.2, 0) is 6.42 Å². The lowest BCUT2D eigenvalue weighted by Gasteiger charge is -1.99. The van der Waals surface area contributed by atoms with Crippen molar-refractivity contribution in [3.8, 4) is 11.5 Å². The molecule has 0 fully saturated rings. The predicted molar refractivity (Wildman–Crippen MR) is 79.1 cm³/mol. The van der Waals surface area contributed by atoms with E-state index in [9.17, 15) is 4.79 Å². The predicted octanol–water partition coefficient (Wildman–Crippen LogP) is 1.74. The smallest absolute Gasteiger partial charge is 0.271 e. The Morgan fingerprint density at radius 2 is 2.14 bits per heavy atom. The number of hydrogen-bond acceptors (Lipinski definition) is 5. The summed E-state index contributed by atoms with van der Waals surface area (Å²) in [7, 11) is 0. The molecule has 3 aromatic rings. The number of benzene rings is 1. The van der Waals surface area contributed by atoms with Crippen LogP contribution < -0.4 is 5.32 Å². The SMILES string of the molecule is Cc1cc(C(=O)NCCc2noc(-c3ccccc3)n2)n[nH]1. The van der Waals surface area contributed by atoms with Crippen LogP contribution in [0.15, 0.2) is 40.9 Å². The number of rotatable bonds is 5. The normalized spacial score (nSPS) is 10.6. The molecule has 1 aromatic carbocycles. The molecule has 0 spiro atoms. The Morgan fingerprint density at radius 3 is 2.86 bits per heavy atom. The summed E-state index contributed by atoms with van der Waals surface area (Å²) in [6.45, 7) is 2.26. The van der Waals surface area contributed by atoms with Gasteiger partial charge >= 0.3 is 0 Å². The zero-order valence-electron chi connectivity index (χ0n) is 12.0. The van der Waals surface area contributed by atoms with Crippen molar-refractivity contribution in [2.24, 2.45) is 0 Å². The average molecular weight is 297 g/mol. The van der Waals surface area contributed by atoms with Gasteiger partial charge in [-0.2, -0.15) is 10.1 Å². The summed E-state index contributed by atoms with van der Waals surface area (Å²) in [5.41, 5.74) is 2.09. The first-order valence-corrected chi connectivity index (χ1v) is 6.90. The molecule has 22 heavy (non-hydrogen) atoms. The number of aromatic amines is 1. The summed E-state index contributed by atoms with van der Waals surface area (Å²) in [5.74, 6) is 0.804. The summed E-state index contributed by atoms with van der Waals surface area (Å²) >= 11 is 0. The monoisotopic (exact) mass is 297 g/mol. The highest BCUT2D eigenvalue weighted by atomic mass is 16.5. The number of carbonyl (C=O) groups excluding carboxylic acids is 1. The molecule has 0 saturated heterocycles. The maximum Gasteiger partial charge on any atom is 0.271 e. The van der Waals surface area contributed by atoms with Crippen molar-refractivity contribution in [3.05, 3.63) is 53.6 Å². The maximum atomic E-state index is 11.8. The molecule has 0 atom stereocenters. The van der Waals surface area contributed by atoms with E-state index in [1.807, 2.05) is 37.3 Å². The number of amides is 1. The second-order valence-corrected chi connectivity index (χ2v) is 4.82. The molecule has 1 amide bonds.